The van der Waals surface area contributed by atoms with E-state index in [-0.39, 0.29) is 16.9 Å². The summed E-state index contributed by atoms with van der Waals surface area (Å²) in [5, 5.41) is 2.45. The zero-order chi connectivity index (χ0) is 20.9. The molecule has 0 saturated carbocycles. The minimum atomic E-state index is -3.19. The van der Waals surface area contributed by atoms with Gasteiger partial charge in [0.25, 0.3) is 5.91 Å². The second-order valence-electron chi connectivity index (χ2n) is 6.30. The number of rotatable bonds is 7. The van der Waals surface area contributed by atoms with Gasteiger partial charge in [0, 0.05) is 17.9 Å². The summed E-state index contributed by atoms with van der Waals surface area (Å²) in [5.74, 6) is -3.09. The number of amides is 1. The Kier molecular flexibility index (Phi) is 6.85. The number of carbonyl (C=O) groups is 2. The average molecular weight is 411 g/mol. The molecule has 2 aromatic rings. The number of esters is 1. The van der Waals surface area contributed by atoms with Gasteiger partial charge in [0.2, 0.25) is 0 Å². The van der Waals surface area contributed by atoms with Crippen molar-refractivity contribution in [2.75, 3.05) is 12.9 Å². The lowest BCUT2D eigenvalue weighted by atomic mass is 10.1. The van der Waals surface area contributed by atoms with E-state index in [0.29, 0.717) is 11.6 Å². The Balaban J connectivity index is 1.88. The Morgan fingerprint density at radius 1 is 1.11 bits per heavy atom. The van der Waals surface area contributed by atoms with E-state index in [9.17, 15) is 26.8 Å². The molecule has 0 aliphatic rings. The predicted octanol–water partition coefficient (Wildman–Crippen LogP) is 2.54. The van der Waals surface area contributed by atoms with Crippen LogP contribution in [-0.2, 0) is 25.1 Å². The Morgan fingerprint density at radius 3 is 2.32 bits per heavy atom. The number of carbonyl (C=O) groups excluding carboxylic acids is 2. The van der Waals surface area contributed by atoms with Crippen LogP contribution in [0, 0.1) is 11.6 Å². The van der Waals surface area contributed by atoms with Crippen LogP contribution in [0.15, 0.2) is 42.5 Å². The van der Waals surface area contributed by atoms with Gasteiger partial charge in [-0.1, -0.05) is 18.2 Å². The van der Waals surface area contributed by atoms with Gasteiger partial charge in [-0.2, -0.15) is 0 Å². The van der Waals surface area contributed by atoms with E-state index < -0.39 is 46.0 Å². The van der Waals surface area contributed by atoms with Gasteiger partial charge < -0.3 is 10.1 Å². The standard InChI is InChI=1S/C19H19F2NO5S/c1-12(16-8-7-15(20)9-17(16)21)22-18(23)10-27-19(24)14-5-3-13(4-6-14)11-28(2,25)26/h3-9,12H,10-11H2,1-2H3,(H,22,23)/t12-/m0/s1. The van der Waals surface area contributed by atoms with E-state index in [0.717, 1.165) is 12.3 Å². The van der Waals surface area contributed by atoms with E-state index in [1.165, 1.54) is 37.3 Å². The van der Waals surface area contributed by atoms with Gasteiger partial charge in [0.1, 0.15) is 11.6 Å². The number of nitrogens with one attached hydrogen (secondary N) is 1. The van der Waals surface area contributed by atoms with Crippen LogP contribution in [0.5, 0.6) is 0 Å². The number of benzene rings is 2. The van der Waals surface area contributed by atoms with Crippen LogP contribution in [-0.4, -0.2) is 33.2 Å². The monoisotopic (exact) mass is 411 g/mol. The van der Waals surface area contributed by atoms with E-state index in [1.54, 1.807) is 0 Å². The van der Waals surface area contributed by atoms with Crippen LogP contribution in [0.2, 0.25) is 0 Å². The summed E-state index contributed by atoms with van der Waals surface area (Å²) >= 11 is 0. The summed E-state index contributed by atoms with van der Waals surface area (Å²) in [6, 6.07) is 8.03. The molecule has 9 heteroatoms. The SMILES string of the molecule is C[C@H](NC(=O)COC(=O)c1ccc(CS(C)(=O)=O)cc1)c1ccc(F)cc1F. The van der Waals surface area contributed by atoms with E-state index >= 15 is 0 Å². The third kappa shape index (κ3) is 6.41. The number of ether oxygens (including phenoxy) is 1. The number of hydrogen-bond donors (Lipinski definition) is 1. The van der Waals surface area contributed by atoms with Gasteiger partial charge in [0.05, 0.1) is 17.4 Å². The molecule has 150 valence electrons. The molecular weight excluding hydrogens is 392 g/mol. The lowest BCUT2D eigenvalue weighted by molar-refractivity contribution is -0.124. The highest BCUT2D eigenvalue weighted by Gasteiger charge is 2.16. The lowest BCUT2D eigenvalue weighted by Crippen LogP contribution is -2.31. The predicted molar refractivity (Wildman–Crippen MR) is 98.2 cm³/mol. The van der Waals surface area contributed by atoms with Crippen molar-refractivity contribution < 1.29 is 31.5 Å². The third-order valence-corrected chi connectivity index (χ3v) is 4.62. The first-order chi connectivity index (χ1) is 13.0. The molecule has 0 aromatic heterocycles. The normalized spacial score (nSPS) is 12.3. The molecule has 2 rings (SSSR count). The van der Waals surface area contributed by atoms with Crippen LogP contribution < -0.4 is 5.32 Å². The van der Waals surface area contributed by atoms with Gasteiger partial charge >= 0.3 is 5.97 Å². The highest BCUT2D eigenvalue weighted by molar-refractivity contribution is 7.89. The Hall–Kier alpha value is -2.81. The number of halogens is 2. The molecule has 2 aromatic carbocycles. The molecule has 1 amide bonds. The van der Waals surface area contributed by atoms with E-state index in [1.807, 2.05) is 0 Å². The van der Waals surface area contributed by atoms with Crippen molar-refractivity contribution in [3.05, 3.63) is 70.8 Å². The molecule has 1 atom stereocenters. The molecule has 0 bridgehead atoms. The van der Waals surface area contributed by atoms with Gasteiger partial charge in [-0.3, -0.25) is 4.79 Å². The maximum absolute atomic E-state index is 13.7. The zero-order valence-corrected chi connectivity index (χ0v) is 16.1. The number of hydrogen-bond acceptors (Lipinski definition) is 5. The Labute approximate surface area is 161 Å². The van der Waals surface area contributed by atoms with E-state index in [2.05, 4.69) is 5.32 Å². The van der Waals surface area contributed by atoms with Crippen molar-refractivity contribution in [1.82, 2.24) is 5.32 Å². The third-order valence-electron chi connectivity index (χ3n) is 3.76. The Bertz CT molecular complexity index is 974. The topological polar surface area (TPSA) is 89.5 Å². The maximum atomic E-state index is 13.7. The average Bonchev–Trinajstić information content (AvgIpc) is 2.58. The molecule has 0 fully saturated rings. The fourth-order valence-electron chi connectivity index (χ4n) is 2.47. The first-order valence-electron chi connectivity index (χ1n) is 8.23. The van der Waals surface area contributed by atoms with Crippen molar-refractivity contribution in [2.24, 2.45) is 0 Å². The quantitative estimate of drug-likeness (QED) is 0.708. The summed E-state index contributed by atoms with van der Waals surface area (Å²) in [5.41, 5.74) is 0.775. The molecule has 0 radical (unpaired) electrons. The van der Waals surface area contributed by atoms with Gasteiger partial charge in [0.15, 0.2) is 16.4 Å². The molecule has 0 unspecified atom stereocenters. The fraction of sp³-hybridized carbons (Fsp3) is 0.263. The smallest absolute Gasteiger partial charge is 0.338 e. The molecular formula is C19H19F2NO5S. The van der Waals surface area contributed by atoms with Crippen molar-refractivity contribution in [3.63, 3.8) is 0 Å². The molecule has 0 spiro atoms. The summed E-state index contributed by atoms with van der Waals surface area (Å²) in [7, 11) is -3.19. The van der Waals surface area contributed by atoms with Crippen molar-refractivity contribution >= 4 is 21.7 Å². The van der Waals surface area contributed by atoms with Gasteiger partial charge in [-0.15, -0.1) is 0 Å². The van der Waals surface area contributed by atoms with Gasteiger partial charge in [-0.25, -0.2) is 22.0 Å². The summed E-state index contributed by atoms with van der Waals surface area (Å²) in [6.07, 6.45) is 1.10. The van der Waals surface area contributed by atoms with Crippen LogP contribution in [0.3, 0.4) is 0 Å². The van der Waals surface area contributed by atoms with Crippen LogP contribution in [0.4, 0.5) is 8.78 Å². The molecule has 0 aliphatic heterocycles. The van der Waals surface area contributed by atoms with Crippen molar-refractivity contribution in [2.45, 2.75) is 18.7 Å². The Morgan fingerprint density at radius 2 is 1.75 bits per heavy atom. The largest absolute Gasteiger partial charge is 0.452 e. The molecule has 1 N–H and O–H groups in total. The number of sulfone groups is 1. The molecule has 6 nitrogen and oxygen atoms in total. The highest BCUT2D eigenvalue weighted by Crippen LogP contribution is 2.17. The molecule has 0 aliphatic carbocycles. The summed E-state index contributed by atoms with van der Waals surface area (Å²) in [6.45, 7) is 0.924. The summed E-state index contributed by atoms with van der Waals surface area (Å²) < 4.78 is 54.0. The maximum Gasteiger partial charge on any atom is 0.338 e. The minimum Gasteiger partial charge on any atom is -0.452 e. The van der Waals surface area contributed by atoms with Crippen LogP contribution in [0.25, 0.3) is 0 Å². The molecule has 0 heterocycles. The van der Waals surface area contributed by atoms with E-state index in [4.69, 9.17) is 4.74 Å². The zero-order valence-electron chi connectivity index (χ0n) is 15.2. The second-order valence-corrected chi connectivity index (χ2v) is 8.44. The highest BCUT2D eigenvalue weighted by atomic mass is 32.2. The van der Waals surface area contributed by atoms with Crippen LogP contribution >= 0.6 is 0 Å². The summed E-state index contributed by atoms with van der Waals surface area (Å²) in [4.78, 5) is 23.9. The molecule has 0 saturated heterocycles. The van der Waals surface area contributed by atoms with Gasteiger partial charge in [-0.05, 0) is 30.7 Å². The van der Waals surface area contributed by atoms with Crippen molar-refractivity contribution in [1.29, 1.82) is 0 Å². The minimum absolute atomic E-state index is 0.0996. The fourth-order valence-corrected chi connectivity index (χ4v) is 3.27. The van der Waals surface area contributed by atoms with Crippen LogP contribution in [0.1, 0.15) is 34.5 Å². The van der Waals surface area contributed by atoms with Crippen molar-refractivity contribution in [3.8, 4) is 0 Å². The first-order valence-corrected chi connectivity index (χ1v) is 10.3. The second kappa shape index (κ2) is 8.92. The molecule has 28 heavy (non-hydrogen) atoms. The first kappa shape index (κ1) is 21.5. The lowest BCUT2D eigenvalue weighted by Gasteiger charge is -2.15.